The Morgan fingerprint density at radius 1 is 1.33 bits per heavy atom. The number of aliphatic imine (C=N–C) groups is 1. The molecule has 1 N–H and O–H groups in total. The molecule has 0 radical (unpaired) electrons. The first-order valence-electron chi connectivity index (χ1n) is 8.51. The van der Waals surface area contributed by atoms with Gasteiger partial charge in [0, 0.05) is 39.7 Å². The highest BCUT2D eigenvalue weighted by molar-refractivity contribution is 5.79. The van der Waals surface area contributed by atoms with E-state index in [1.807, 2.05) is 7.05 Å². The van der Waals surface area contributed by atoms with Gasteiger partial charge in [0.1, 0.15) is 0 Å². The Labute approximate surface area is 129 Å². The molecule has 2 saturated heterocycles. The van der Waals surface area contributed by atoms with Gasteiger partial charge >= 0.3 is 0 Å². The van der Waals surface area contributed by atoms with Gasteiger partial charge in [0.2, 0.25) is 0 Å². The van der Waals surface area contributed by atoms with Gasteiger partial charge in [0.25, 0.3) is 0 Å². The Bertz CT molecular complexity index is 309. The Balaban J connectivity index is 1.55. The van der Waals surface area contributed by atoms with Crippen LogP contribution in [0.5, 0.6) is 0 Å². The predicted octanol–water partition coefficient (Wildman–Crippen LogP) is 1.41. The van der Waals surface area contributed by atoms with E-state index in [1.165, 1.54) is 51.7 Å². The van der Waals surface area contributed by atoms with Crippen molar-refractivity contribution in [3.8, 4) is 0 Å². The van der Waals surface area contributed by atoms with Crippen molar-refractivity contribution in [3.63, 3.8) is 0 Å². The predicted molar refractivity (Wildman–Crippen MR) is 87.8 cm³/mol. The summed E-state index contributed by atoms with van der Waals surface area (Å²) in [6.07, 6.45) is 6.46. The summed E-state index contributed by atoms with van der Waals surface area (Å²) in [6, 6.07) is 0. The number of unbranched alkanes of at least 4 members (excludes halogenated alkanes) is 1. The summed E-state index contributed by atoms with van der Waals surface area (Å²) in [5, 5.41) is 3.49. The highest BCUT2D eigenvalue weighted by Crippen LogP contribution is 2.13. The third-order valence-corrected chi connectivity index (χ3v) is 4.51. The second-order valence-corrected chi connectivity index (χ2v) is 6.34. The second-order valence-electron chi connectivity index (χ2n) is 6.34. The van der Waals surface area contributed by atoms with Gasteiger partial charge in [0.05, 0.1) is 6.61 Å². The van der Waals surface area contributed by atoms with Crippen molar-refractivity contribution in [2.45, 2.75) is 32.1 Å². The monoisotopic (exact) mass is 296 g/mol. The molecule has 1 atom stereocenters. The van der Waals surface area contributed by atoms with Crippen molar-refractivity contribution in [2.24, 2.45) is 10.9 Å². The van der Waals surface area contributed by atoms with E-state index in [-0.39, 0.29) is 0 Å². The third-order valence-electron chi connectivity index (χ3n) is 4.51. The number of ether oxygens (including phenoxy) is 1. The van der Waals surface area contributed by atoms with E-state index in [4.69, 9.17) is 4.74 Å². The third kappa shape index (κ3) is 5.83. The van der Waals surface area contributed by atoms with Crippen molar-refractivity contribution in [3.05, 3.63) is 0 Å². The van der Waals surface area contributed by atoms with Gasteiger partial charge in [-0.1, -0.05) is 0 Å². The van der Waals surface area contributed by atoms with Crippen molar-refractivity contribution < 1.29 is 4.74 Å². The maximum absolute atomic E-state index is 5.44. The minimum Gasteiger partial charge on any atom is -0.381 e. The lowest BCUT2D eigenvalue weighted by atomic mass is 10.1. The van der Waals surface area contributed by atoms with E-state index in [9.17, 15) is 0 Å². The molecule has 0 spiro atoms. The molecule has 122 valence electrons. The minimum absolute atomic E-state index is 0.656. The Morgan fingerprint density at radius 3 is 2.81 bits per heavy atom. The van der Waals surface area contributed by atoms with Crippen LogP contribution < -0.4 is 5.32 Å². The molecule has 0 saturated carbocycles. The lowest BCUT2D eigenvalue weighted by molar-refractivity contribution is 0.181. The number of rotatable bonds is 7. The SMILES string of the molecule is CN=C(NCCCCN1CCCC1)N(C)CC1CCOC1. The fourth-order valence-corrected chi connectivity index (χ4v) is 3.25. The lowest BCUT2D eigenvalue weighted by Crippen LogP contribution is -2.41. The molecule has 2 fully saturated rings. The van der Waals surface area contributed by atoms with E-state index < -0.39 is 0 Å². The van der Waals surface area contributed by atoms with Crippen LogP contribution in [0.2, 0.25) is 0 Å². The summed E-state index contributed by atoms with van der Waals surface area (Å²) < 4.78 is 5.44. The molecule has 0 aromatic carbocycles. The van der Waals surface area contributed by atoms with Gasteiger partial charge in [-0.25, -0.2) is 0 Å². The standard InChI is InChI=1S/C16H32N4O/c1-17-16(19(2)13-15-7-12-21-14-15)18-8-3-4-9-20-10-5-6-11-20/h15H,3-14H2,1-2H3,(H,17,18). The van der Waals surface area contributed by atoms with Crippen LogP contribution in [0.15, 0.2) is 4.99 Å². The molecule has 0 aromatic rings. The maximum atomic E-state index is 5.44. The molecule has 0 amide bonds. The maximum Gasteiger partial charge on any atom is 0.193 e. The molecule has 2 aliphatic heterocycles. The summed E-state index contributed by atoms with van der Waals surface area (Å²) in [5.74, 6) is 1.67. The fraction of sp³-hybridized carbons (Fsp3) is 0.938. The van der Waals surface area contributed by atoms with Crippen LogP contribution in [0.3, 0.4) is 0 Å². The van der Waals surface area contributed by atoms with Crippen LogP contribution >= 0.6 is 0 Å². The molecule has 0 aliphatic carbocycles. The molecule has 5 heteroatoms. The topological polar surface area (TPSA) is 40.1 Å². The Morgan fingerprint density at radius 2 is 2.14 bits per heavy atom. The smallest absolute Gasteiger partial charge is 0.193 e. The number of hydrogen-bond donors (Lipinski definition) is 1. The first-order chi connectivity index (χ1) is 10.3. The van der Waals surface area contributed by atoms with Crippen molar-refractivity contribution in [1.29, 1.82) is 0 Å². The minimum atomic E-state index is 0.656. The van der Waals surface area contributed by atoms with Crippen LogP contribution in [0.25, 0.3) is 0 Å². The molecule has 5 nitrogen and oxygen atoms in total. The van der Waals surface area contributed by atoms with Crippen molar-refractivity contribution >= 4 is 5.96 Å². The van der Waals surface area contributed by atoms with Crippen LogP contribution in [0.1, 0.15) is 32.1 Å². The number of likely N-dealkylation sites (tertiary alicyclic amines) is 1. The molecule has 2 rings (SSSR count). The van der Waals surface area contributed by atoms with Gasteiger partial charge in [-0.3, -0.25) is 4.99 Å². The summed E-state index contributed by atoms with van der Waals surface area (Å²) >= 11 is 0. The summed E-state index contributed by atoms with van der Waals surface area (Å²) in [4.78, 5) is 9.21. The summed E-state index contributed by atoms with van der Waals surface area (Å²) in [7, 11) is 3.99. The zero-order valence-electron chi connectivity index (χ0n) is 13.8. The molecule has 0 aromatic heterocycles. The van der Waals surface area contributed by atoms with Gasteiger partial charge < -0.3 is 19.9 Å². The number of guanidine groups is 1. The molecular weight excluding hydrogens is 264 g/mol. The largest absolute Gasteiger partial charge is 0.381 e. The quantitative estimate of drug-likeness (QED) is 0.438. The van der Waals surface area contributed by atoms with Crippen LogP contribution in [-0.2, 0) is 4.74 Å². The Kier molecular flexibility index (Phi) is 7.30. The first-order valence-corrected chi connectivity index (χ1v) is 8.51. The van der Waals surface area contributed by atoms with E-state index >= 15 is 0 Å². The zero-order chi connectivity index (χ0) is 14.9. The molecular formula is C16H32N4O. The molecule has 2 heterocycles. The molecule has 0 bridgehead atoms. The van der Waals surface area contributed by atoms with Gasteiger partial charge in [0.15, 0.2) is 5.96 Å². The number of nitrogens with one attached hydrogen (secondary N) is 1. The number of hydrogen-bond acceptors (Lipinski definition) is 3. The Hall–Kier alpha value is -0.810. The molecule has 1 unspecified atom stereocenters. The normalized spacial score (nSPS) is 23.7. The number of nitrogens with zero attached hydrogens (tertiary/aromatic N) is 3. The van der Waals surface area contributed by atoms with Crippen LogP contribution in [-0.4, -0.2) is 75.8 Å². The second kappa shape index (κ2) is 9.26. The van der Waals surface area contributed by atoms with Gasteiger partial charge in [-0.05, 0) is 51.7 Å². The lowest BCUT2D eigenvalue weighted by Gasteiger charge is -2.24. The van der Waals surface area contributed by atoms with E-state index in [0.717, 1.165) is 32.3 Å². The molecule has 2 aliphatic rings. The van der Waals surface area contributed by atoms with Gasteiger partial charge in [-0.2, -0.15) is 0 Å². The highest BCUT2D eigenvalue weighted by atomic mass is 16.5. The first kappa shape index (κ1) is 16.6. The summed E-state index contributed by atoms with van der Waals surface area (Å²) in [6.45, 7) is 7.75. The van der Waals surface area contributed by atoms with Gasteiger partial charge in [-0.15, -0.1) is 0 Å². The van der Waals surface area contributed by atoms with Crippen LogP contribution in [0, 0.1) is 5.92 Å². The van der Waals surface area contributed by atoms with E-state index in [1.54, 1.807) is 0 Å². The zero-order valence-corrected chi connectivity index (χ0v) is 13.8. The van der Waals surface area contributed by atoms with Crippen molar-refractivity contribution in [2.75, 3.05) is 60.0 Å². The van der Waals surface area contributed by atoms with E-state index in [2.05, 4.69) is 27.2 Å². The van der Waals surface area contributed by atoms with E-state index in [0.29, 0.717) is 5.92 Å². The average molecular weight is 296 g/mol. The van der Waals surface area contributed by atoms with Crippen LogP contribution in [0.4, 0.5) is 0 Å². The average Bonchev–Trinajstić information content (AvgIpc) is 3.16. The highest BCUT2D eigenvalue weighted by Gasteiger charge is 2.18. The fourth-order valence-electron chi connectivity index (χ4n) is 3.25. The summed E-state index contributed by atoms with van der Waals surface area (Å²) in [5.41, 5.74) is 0. The molecule has 21 heavy (non-hydrogen) atoms. The van der Waals surface area contributed by atoms with Crippen molar-refractivity contribution in [1.82, 2.24) is 15.1 Å².